The molecule has 0 fully saturated rings. The number of benzene rings is 1. The molecule has 112 valence electrons. The van der Waals surface area contributed by atoms with Crippen molar-refractivity contribution in [1.82, 2.24) is 5.32 Å². The van der Waals surface area contributed by atoms with E-state index in [1.54, 1.807) is 32.9 Å². The maximum absolute atomic E-state index is 12.5. The number of hydrogen-bond donors (Lipinski definition) is 2. The number of amides is 1. The van der Waals surface area contributed by atoms with E-state index in [-0.39, 0.29) is 17.3 Å². The summed E-state index contributed by atoms with van der Waals surface area (Å²) >= 11 is 3.26. The summed E-state index contributed by atoms with van der Waals surface area (Å²) < 4.78 is 24.8. The number of sulfone groups is 1. The quantitative estimate of drug-likeness (QED) is 0.829. The van der Waals surface area contributed by atoms with E-state index in [1.165, 1.54) is 12.1 Å². The second-order valence-electron chi connectivity index (χ2n) is 5.22. The lowest BCUT2D eigenvalue weighted by molar-refractivity contribution is -0.122. The van der Waals surface area contributed by atoms with Crippen LogP contribution in [0.4, 0.5) is 0 Å². The van der Waals surface area contributed by atoms with Crippen LogP contribution in [0.25, 0.3) is 0 Å². The molecule has 1 aromatic rings. The number of nitrogens with one attached hydrogen (secondary N) is 1. The number of nitrogens with two attached hydrogens (primary N) is 1. The van der Waals surface area contributed by atoms with Crippen LogP contribution in [-0.2, 0) is 14.6 Å². The summed E-state index contributed by atoms with van der Waals surface area (Å²) in [4.78, 5) is 11.7. The highest BCUT2D eigenvalue weighted by molar-refractivity contribution is 9.10. The number of hydrogen-bond acceptors (Lipinski definition) is 4. The molecule has 0 saturated carbocycles. The zero-order valence-corrected chi connectivity index (χ0v) is 14.1. The smallest absolute Gasteiger partial charge is 0.236 e. The van der Waals surface area contributed by atoms with Gasteiger partial charge in [0, 0.05) is 11.0 Å². The number of carbonyl (C=O) groups excluding carboxylic acids is 1. The molecule has 0 radical (unpaired) electrons. The van der Waals surface area contributed by atoms with E-state index in [0.717, 1.165) is 4.47 Å². The molecule has 7 heteroatoms. The summed E-state index contributed by atoms with van der Waals surface area (Å²) in [5.74, 6) is -0.371. The van der Waals surface area contributed by atoms with Gasteiger partial charge in [0.05, 0.1) is 15.7 Å². The van der Waals surface area contributed by atoms with E-state index in [9.17, 15) is 13.2 Å². The zero-order valence-electron chi connectivity index (χ0n) is 11.7. The van der Waals surface area contributed by atoms with Gasteiger partial charge in [-0.2, -0.15) is 0 Å². The van der Waals surface area contributed by atoms with Gasteiger partial charge in [-0.05, 0) is 45.0 Å². The average molecular weight is 363 g/mol. The van der Waals surface area contributed by atoms with Crippen LogP contribution >= 0.6 is 15.9 Å². The molecule has 1 amide bonds. The van der Waals surface area contributed by atoms with Gasteiger partial charge in [0.1, 0.15) is 0 Å². The van der Waals surface area contributed by atoms with Crippen LogP contribution in [-0.4, -0.2) is 31.7 Å². The van der Waals surface area contributed by atoms with Crippen LogP contribution in [0.3, 0.4) is 0 Å². The van der Waals surface area contributed by atoms with Gasteiger partial charge in [0.25, 0.3) is 0 Å². The Morgan fingerprint density at radius 3 is 2.30 bits per heavy atom. The van der Waals surface area contributed by atoms with E-state index in [1.807, 2.05) is 0 Å². The molecular formula is C13H19BrN2O3S. The van der Waals surface area contributed by atoms with Crippen LogP contribution in [0.15, 0.2) is 33.6 Å². The molecule has 3 N–H and O–H groups in total. The lowest BCUT2D eigenvalue weighted by Crippen LogP contribution is -2.48. The fourth-order valence-electron chi connectivity index (χ4n) is 1.49. The Balaban J connectivity index is 2.95. The normalized spacial score (nSPS) is 13.8. The Hall–Kier alpha value is -0.920. The molecule has 0 bridgehead atoms. The third kappa shape index (κ3) is 3.80. The summed E-state index contributed by atoms with van der Waals surface area (Å²) in [5.41, 5.74) is 5.44. The highest BCUT2D eigenvalue weighted by atomic mass is 79.9. The van der Waals surface area contributed by atoms with E-state index >= 15 is 0 Å². The van der Waals surface area contributed by atoms with Gasteiger partial charge < -0.3 is 11.1 Å². The molecule has 1 rings (SSSR count). The van der Waals surface area contributed by atoms with Gasteiger partial charge in [-0.25, -0.2) is 8.42 Å². The summed E-state index contributed by atoms with van der Waals surface area (Å²) in [6, 6.07) is 5.75. The fourth-order valence-corrected chi connectivity index (χ4v) is 3.15. The highest BCUT2D eigenvalue weighted by Crippen LogP contribution is 2.26. The Morgan fingerprint density at radius 2 is 1.85 bits per heavy atom. The molecule has 1 atom stereocenters. The molecule has 0 unspecified atom stereocenters. The van der Waals surface area contributed by atoms with E-state index in [0.29, 0.717) is 0 Å². The Bertz CT molecular complexity index is 580. The Kier molecular flexibility index (Phi) is 5.34. The lowest BCUT2D eigenvalue weighted by Gasteiger charge is -2.25. The average Bonchev–Trinajstić information content (AvgIpc) is 2.36. The molecule has 1 aromatic carbocycles. The number of halogens is 1. The van der Waals surface area contributed by atoms with E-state index in [4.69, 9.17) is 5.73 Å². The van der Waals surface area contributed by atoms with Gasteiger partial charge in [-0.3, -0.25) is 4.79 Å². The maximum Gasteiger partial charge on any atom is 0.236 e. The second kappa shape index (κ2) is 6.24. The van der Waals surface area contributed by atoms with Crippen molar-refractivity contribution in [2.45, 2.75) is 36.5 Å². The van der Waals surface area contributed by atoms with E-state index in [2.05, 4.69) is 21.2 Å². The van der Waals surface area contributed by atoms with Crippen molar-refractivity contribution in [3.8, 4) is 0 Å². The van der Waals surface area contributed by atoms with Gasteiger partial charge in [0.15, 0.2) is 9.84 Å². The third-order valence-corrected chi connectivity index (χ3v) is 5.97. The van der Waals surface area contributed by atoms with Crippen molar-refractivity contribution in [2.75, 3.05) is 6.54 Å². The molecular weight excluding hydrogens is 344 g/mol. The van der Waals surface area contributed by atoms with Crippen LogP contribution < -0.4 is 11.1 Å². The first-order chi connectivity index (χ1) is 9.08. The molecule has 0 aliphatic heterocycles. The van der Waals surface area contributed by atoms with Crippen LogP contribution in [0.5, 0.6) is 0 Å². The molecule has 0 aliphatic rings. The van der Waals surface area contributed by atoms with Crippen LogP contribution in [0, 0.1) is 0 Å². The number of rotatable bonds is 5. The van der Waals surface area contributed by atoms with Crippen LogP contribution in [0.1, 0.15) is 20.8 Å². The Labute approximate surface area is 128 Å². The maximum atomic E-state index is 12.5. The van der Waals surface area contributed by atoms with Crippen molar-refractivity contribution < 1.29 is 13.2 Å². The second-order valence-corrected chi connectivity index (χ2v) is 8.72. The molecule has 20 heavy (non-hydrogen) atoms. The summed E-state index contributed by atoms with van der Waals surface area (Å²) in [6.07, 6.45) is 0. The standard InChI is InChI=1S/C13H19BrN2O3S/c1-9(15)12(17)16-8-13(2,3)20(18,19)11-6-4-10(14)5-7-11/h4-7,9H,8,15H2,1-3H3,(H,16,17)/t9-/m1/s1. The number of carbonyl (C=O) groups is 1. The minimum Gasteiger partial charge on any atom is -0.353 e. The predicted molar refractivity (Wildman–Crippen MR) is 82.1 cm³/mol. The first kappa shape index (κ1) is 17.1. The van der Waals surface area contributed by atoms with Crippen molar-refractivity contribution in [2.24, 2.45) is 5.73 Å². The first-order valence-corrected chi connectivity index (χ1v) is 8.39. The molecule has 5 nitrogen and oxygen atoms in total. The van der Waals surface area contributed by atoms with Gasteiger partial charge in [-0.1, -0.05) is 15.9 Å². The van der Waals surface area contributed by atoms with Crippen LogP contribution in [0.2, 0.25) is 0 Å². The van der Waals surface area contributed by atoms with Gasteiger partial charge in [-0.15, -0.1) is 0 Å². The largest absolute Gasteiger partial charge is 0.353 e. The highest BCUT2D eigenvalue weighted by Gasteiger charge is 2.36. The zero-order chi connectivity index (χ0) is 15.6. The molecule has 0 spiro atoms. The Morgan fingerprint density at radius 1 is 1.35 bits per heavy atom. The summed E-state index contributed by atoms with van der Waals surface area (Å²) in [7, 11) is -3.55. The minimum atomic E-state index is -3.55. The summed E-state index contributed by atoms with van der Waals surface area (Å²) in [5, 5.41) is 2.56. The minimum absolute atomic E-state index is 0.00572. The SMILES string of the molecule is C[C@@H](N)C(=O)NCC(C)(C)S(=O)(=O)c1ccc(Br)cc1. The molecule has 0 heterocycles. The van der Waals surface area contributed by atoms with Gasteiger partial charge in [0.2, 0.25) is 5.91 Å². The monoisotopic (exact) mass is 362 g/mol. The molecule has 0 saturated heterocycles. The topological polar surface area (TPSA) is 89.3 Å². The lowest BCUT2D eigenvalue weighted by atomic mass is 10.2. The van der Waals surface area contributed by atoms with Crippen molar-refractivity contribution in [1.29, 1.82) is 0 Å². The van der Waals surface area contributed by atoms with Crippen molar-refractivity contribution in [3.05, 3.63) is 28.7 Å². The predicted octanol–water partition coefficient (Wildman–Crippen LogP) is 1.46. The fraction of sp³-hybridized carbons (Fsp3) is 0.462. The van der Waals surface area contributed by atoms with E-state index < -0.39 is 20.6 Å². The van der Waals surface area contributed by atoms with Gasteiger partial charge >= 0.3 is 0 Å². The molecule has 0 aromatic heterocycles. The summed E-state index contributed by atoms with van der Waals surface area (Å²) in [6.45, 7) is 4.70. The molecule has 0 aliphatic carbocycles. The first-order valence-electron chi connectivity index (χ1n) is 6.11. The van der Waals surface area contributed by atoms with Crippen molar-refractivity contribution >= 4 is 31.7 Å². The van der Waals surface area contributed by atoms with Crippen molar-refractivity contribution in [3.63, 3.8) is 0 Å². The third-order valence-electron chi connectivity index (χ3n) is 2.95.